The van der Waals surface area contributed by atoms with E-state index in [1.807, 2.05) is 6.92 Å². The molecule has 11 heteroatoms. The molecule has 3 aromatic heterocycles. The average Bonchev–Trinajstić information content (AvgIpc) is 3.11. The fourth-order valence-corrected chi connectivity index (χ4v) is 6.11. The summed E-state index contributed by atoms with van der Waals surface area (Å²) in [5.74, 6) is -1.12. The average molecular weight is 427 g/mol. The molecule has 0 amide bonds. The number of H-pyrrole nitrogens is 1. The standard InChI is InChI=1S/C18H20F3N5O2S/c1-9-6-10(25-29(27,28)11-2-3-11)7-14(9)26-15-12-4-5-22-16(12)23-8-13(15)24-17(26)18(19,20)21/h4-5,8-11,14,25H,2-3,6-7H2,1H3,(H,22,23)/t9-,10?,14+/m1/s1. The normalized spacial score (nSPS) is 26.0. The number of imidazole rings is 1. The minimum Gasteiger partial charge on any atom is -0.346 e. The first kappa shape index (κ1) is 18.9. The van der Waals surface area contributed by atoms with Crippen molar-refractivity contribution in [1.82, 2.24) is 24.2 Å². The molecule has 2 N–H and O–H groups in total. The summed E-state index contributed by atoms with van der Waals surface area (Å²) in [7, 11) is -3.41. The number of nitrogens with one attached hydrogen (secondary N) is 2. The summed E-state index contributed by atoms with van der Waals surface area (Å²) in [5.41, 5.74) is 1.05. The highest BCUT2D eigenvalue weighted by molar-refractivity contribution is 7.90. The number of aromatic amines is 1. The Morgan fingerprint density at radius 1 is 1.28 bits per heavy atom. The van der Waals surface area contributed by atoms with Crippen molar-refractivity contribution in [3.05, 3.63) is 24.3 Å². The zero-order chi connectivity index (χ0) is 20.6. The Morgan fingerprint density at radius 2 is 2.03 bits per heavy atom. The third-order valence-electron chi connectivity index (χ3n) is 5.95. The molecule has 3 aromatic rings. The molecule has 0 saturated heterocycles. The number of hydrogen-bond donors (Lipinski definition) is 2. The molecule has 5 rings (SSSR count). The summed E-state index contributed by atoms with van der Waals surface area (Å²) in [6.45, 7) is 1.86. The zero-order valence-corrected chi connectivity index (χ0v) is 16.4. The molecular weight excluding hydrogens is 407 g/mol. The van der Waals surface area contributed by atoms with Crippen LogP contribution in [0.15, 0.2) is 18.5 Å². The van der Waals surface area contributed by atoms with Gasteiger partial charge in [0, 0.05) is 23.7 Å². The Morgan fingerprint density at radius 3 is 2.72 bits per heavy atom. The van der Waals surface area contributed by atoms with Gasteiger partial charge in [-0.05, 0) is 37.7 Å². The second kappa shape index (κ2) is 6.18. The molecule has 1 unspecified atom stereocenters. The van der Waals surface area contributed by atoms with E-state index in [4.69, 9.17) is 0 Å². The summed E-state index contributed by atoms with van der Waals surface area (Å²) < 4.78 is 70.1. The highest BCUT2D eigenvalue weighted by Gasteiger charge is 2.45. The lowest BCUT2D eigenvalue weighted by atomic mass is 10.1. The number of halogens is 3. The van der Waals surface area contributed by atoms with E-state index in [0.717, 1.165) is 0 Å². The van der Waals surface area contributed by atoms with E-state index in [-0.39, 0.29) is 29.1 Å². The first-order valence-electron chi connectivity index (χ1n) is 9.57. The van der Waals surface area contributed by atoms with Gasteiger partial charge in [0.05, 0.1) is 17.0 Å². The van der Waals surface area contributed by atoms with Gasteiger partial charge >= 0.3 is 6.18 Å². The molecule has 0 aliphatic heterocycles. The predicted molar refractivity (Wildman–Crippen MR) is 101 cm³/mol. The van der Waals surface area contributed by atoms with Gasteiger partial charge in [0.1, 0.15) is 11.2 Å². The minimum absolute atomic E-state index is 0.150. The quantitative estimate of drug-likeness (QED) is 0.668. The summed E-state index contributed by atoms with van der Waals surface area (Å²) >= 11 is 0. The number of rotatable bonds is 4. The van der Waals surface area contributed by atoms with Crippen LogP contribution >= 0.6 is 0 Å². The van der Waals surface area contributed by atoms with Gasteiger partial charge in [0.25, 0.3) is 0 Å². The van der Waals surface area contributed by atoms with Crippen molar-refractivity contribution in [3.63, 3.8) is 0 Å². The number of aromatic nitrogens is 4. The summed E-state index contributed by atoms with van der Waals surface area (Å²) in [4.78, 5) is 10.9. The summed E-state index contributed by atoms with van der Waals surface area (Å²) in [6, 6.07) is 0.780. The summed E-state index contributed by atoms with van der Waals surface area (Å²) in [5, 5.41) is 0.210. The molecule has 2 fully saturated rings. The minimum atomic E-state index is -4.63. The Bertz CT molecular complexity index is 1200. The van der Waals surface area contributed by atoms with E-state index in [0.29, 0.717) is 35.8 Å². The number of pyridine rings is 1. The zero-order valence-electron chi connectivity index (χ0n) is 15.6. The Kier molecular flexibility index (Phi) is 4.02. The SMILES string of the molecule is C[C@@H]1CC(NS(=O)(=O)C2CC2)C[C@@H]1n1c(C(F)(F)F)nc2cnc3[nH]ccc3c21. The van der Waals surface area contributed by atoms with E-state index in [2.05, 4.69) is 19.7 Å². The topological polar surface area (TPSA) is 92.7 Å². The molecule has 3 atom stereocenters. The van der Waals surface area contributed by atoms with Gasteiger partial charge in [0.15, 0.2) is 0 Å². The van der Waals surface area contributed by atoms with Crippen LogP contribution in [0.1, 0.15) is 44.5 Å². The van der Waals surface area contributed by atoms with Crippen LogP contribution in [0.3, 0.4) is 0 Å². The lowest BCUT2D eigenvalue weighted by Gasteiger charge is -2.22. The first-order chi connectivity index (χ1) is 13.6. The predicted octanol–water partition coefficient (Wildman–Crippen LogP) is 3.35. The molecule has 0 aromatic carbocycles. The lowest BCUT2D eigenvalue weighted by molar-refractivity contribution is -0.147. The van der Waals surface area contributed by atoms with Crippen LogP contribution in [0, 0.1) is 5.92 Å². The van der Waals surface area contributed by atoms with Crippen molar-refractivity contribution in [2.75, 3.05) is 0 Å². The maximum atomic E-state index is 13.9. The number of nitrogens with zero attached hydrogens (tertiary/aromatic N) is 3. The van der Waals surface area contributed by atoms with Crippen molar-refractivity contribution in [3.8, 4) is 0 Å². The maximum Gasteiger partial charge on any atom is 0.449 e. The van der Waals surface area contributed by atoms with Crippen molar-refractivity contribution in [1.29, 1.82) is 0 Å². The van der Waals surface area contributed by atoms with Crippen LogP contribution in [0.5, 0.6) is 0 Å². The Balaban J connectivity index is 1.60. The van der Waals surface area contributed by atoms with Gasteiger partial charge < -0.3 is 9.55 Å². The molecule has 0 radical (unpaired) electrons. The van der Waals surface area contributed by atoms with Crippen LogP contribution < -0.4 is 4.72 Å². The number of fused-ring (bicyclic) bond motifs is 3. The number of sulfonamides is 1. The molecular formula is C18H20F3N5O2S. The number of hydrogen-bond acceptors (Lipinski definition) is 4. The molecule has 29 heavy (non-hydrogen) atoms. The molecule has 2 aliphatic rings. The van der Waals surface area contributed by atoms with Gasteiger partial charge in [-0.2, -0.15) is 13.2 Å². The van der Waals surface area contributed by atoms with Crippen molar-refractivity contribution in [2.24, 2.45) is 5.92 Å². The molecule has 7 nitrogen and oxygen atoms in total. The third kappa shape index (κ3) is 3.10. The fraction of sp³-hybridized carbons (Fsp3) is 0.556. The van der Waals surface area contributed by atoms with E-state index >= 15 is 0 Å². The van der Waals surface area contributed by atoms with E-state index in [1.165, 1.54) is 10.8 Å². The highest BCUT2D eigenvalue weighted by atomic mass is 32.2. The van der Waals surface area contributed by atoms with Crippen LogP contribution in [-0.2, 0) is 16.2 Å². The van der Waals surface area contributed by atoms with Crippen molar-refractivity contribution in [2.45, 2.75) is 56.1 Å². The van der Waals surface area contributed by atoms with Crippen LogP contribution in [-0.4, -0.2) is 39.2 Å². The van der Waals surface area contributed by atoms with Crippen LogP contribution in [0.4, 0.5) is 13.2 Å². The smallest absolute Gasteiger partial charge is 0.346 e. The van der Waals surface area contributed by atoms with Crippen LogP contribution in [0.25, 0.3) is 22.1 Å². The highest BCUT2D eigenvalue weighted by Crippen LogP contribution is 2.43. The molecule has 156 valence electrons. The monoisotopic (exact) mass is 427 g/mol. The largest absolute Gasteiger partial charge is 0.449 e. The van der Waals surface area contributed by atoms with Crippen molar-refractivity contribution < 1.29 is 21.6 Å². The maximum absolute atomic E-state index is 13.9. The second-order valence-corrected chi connectivity index (χ2v) is 10.1. The van der Waals surface area contributed by atoms with E-state index in [9.17, 15) is 21.6 Å². The van der Waals surface area contributed by atoms with Crippen molar-refractivity contribution >= 4 is 32.1 Å². The molecule has 0 spiro atoms. The van der Waals surface area contributed by atoms with Gasteiger partial charge in [-0.3, -0.25) is 0 Å². The molecule has 3 heterocycles. The Labute approximate surface area is 164 Å². The van der Waals surface area contributed by atoms with Gasteiger partial charge in [0.2, 0.25) is 15.8 Å². The second-order valence-electron chi connectivity index (χ2n) is 8.11. The van der Waals surface area contributed by atoms with E-state index in [1.54, 1.807) is 12.3 Å². The van der Waals surface area contributed by atoms with Gasteiger partial charge in [-0.1, -0.05) is 6.92 Å². The molecule has 2 saturated carbocycles. The first-order valence-corrected chi connectivity index (χ1v) is 11.1. The number of alkyl halides is 3. The van der Waals surface area contributed by atoms with Gasteiger partial charge in [-0.15, -0.1) is 0 Å². The molecule has 2 aliphatic carbocycles. The Hall–Kier alpha value is -2.14. The fourth-order valence-electron chi connectivity index (χ4n) is 4.50. The van der Waals surface area contributed by atoms with Crippen LogP contribution in [0.2, 0.25) is 0 Å². The summed E-state index contributed by atoms with van der Waals surface area (Å²) in [6.07, 6.45) is 0.394. The third-order valence-corrected chi connectivity index (χ3v) is 7.96. The van der Waals surface area contributed by atoms with E-state index < -0.39 is 28.1 Å². The lowest BCUT2D eigenvalue weighted by Crippen LogP contribution is -2.35. The molecule has 0 bridgehead atoms. The van der Waals surface area contributed by atoms with Gasteiger partial charge in [-0.25, -0.2) is 23.1 Å².